The van der Waals surface area contributed by atoms with E-state index in [4.69, 9.17) is 4.74 Å². The lowest BCUT2D eigenvalue weighted by Crippen LogP contribution is -2.27. The van der Waals surface area contributed by atoms with E-state index in [-0.39, 0.29) is 12.5 Å². The van der Waals surface area contributed by atoms with Crippen LogP contribution in [-0.4, -0.2) is 31.5 Å². The van der Waals surface area contributed by atoms with Gasteiger partial charge in [0.25, 0.3) is 5.91 Å². The Labute approximate surface area is 98.2 Å². The molecule has 1 aromatic rings. The highest BCUT2D eigenvalue weighted by atomic mass is 79.9. The molecule has 0 N–H and O–H groups in total. The number of likely N-dealkylation sites (N-methyl/N-ethyl adjacent to an activating group) is 1. The van der Waals surface area contributed by atoms with E-state index in [1.807, 2.05) is 25.1 Å². The standard InChI is InChI=1S/C11H14BrNO2/c1-8-4-5-9(12)10(6-8)15-7-11(14)13(2)3/h4-6H,7H2,1-3H3. The monoisotopic (exact) mass is 271 g/mol. The molecule has 0 aliphatic carbocycles. The molecule has 1 aromatic carbocycles. The average Bonchev–Trinajstić information content (AvgIpc) is 2.18. The Kier molecular flexibility index (Phi) is 4.15. The fourth-order valence-electron chi connectivity index (χ4n) is 0.990. The second-order valence-corrected chi connectivity index (χ2v) is 4.37. The third kappa shape index (κ3) is 3.55. The van der Waals surface area contributed by atoms with Crippen LogP contribution in [0.5, 0.6) is 5.75 Å². The number of nitrogens with zero attached hydrogens (tertiary/aromatic N) is 1. The van der Waals surface area contributed by atoms with Crippen LogP contribution in [0.1, 0.15) is 5.56 Å². The number of rotatable bonds is 3. The molecule has 3 nitrogen and oxygen atoms in total. The van der Waals surface area contributed by atoms with Gasteiger partial charge in [-0.15, -0.1) is 0 Å². The number of carbonyl (C=O) groups is 1. The van der Waals surface area contributed by atoms with Gasteiger partial charge in [0.1, 0.15) is 5.75 Å². The molecule has 0 spiro atoms. The van der Waals surface area contributed by atoms with Gasteiger partial charge in [-0.2, -0.15) is 0 Å². The minimum Gasteiger partial charge on any atom is -0.483 e. The number of hydrogen-bond acceptors (Lipinski definition) is 2. The van der Waals surface area contributed by atoms with E-state index in [1.54, 1.807) is 14.1 Å². The summed E-state index contributed by atoms with van der Waals surface area (Å²) in [6.07, 6.45) is 0. The smallest absolute Gasteiger partial charge is 0.259 e. The maximum absolute atomic E-state index is 11.3. The van der Waals surface area contributed by atoms with Crippen molar-refractivity contribution in [3.05, 3.63) is 28.2 Å². The minimum atomic E-state index is -0.0524. The first-order valence-electron chi connectivity index (χ1n) is 4.60. The first-order chi connectivity index (χ1) is 7.00. The third-order valence-electron chi connectivity index (χ3n) is 1.94. The highest BCUT2D eigenvalue weighted by Crippen LogP contribution is 2.25. The normalized spacial score (nSPS) is 9.87. The van der Waals surface area contributed by atoms with Crippen LogP contribution in [0.2, 0.25) is 0 Å². The van der Waals surface area contributed by atoms with Crippen molar-refractivity contribution in [3.63, 3.8) is 0 Å². The van der Waals surface area contributed by atoms with Gasteiger partial charge in [0, 0.05) is 14.1 Å². The SMILES string of the molecule is Cc1ccc(Br)c(OCC(=O)N(C)C)c1. The quantitative estimate of drug-likeness (QED) is 0.844. The first-order valence-corrected chi connectivity index (χ1v) is 5.39. The molecule has 4 heteroatoms. The number of hydrogen-bond donors (Lipinski definition) is 0. The van der Waals surface area contributed by atoms with Gasteiger partial charge < -0.3 is 9.64 Å². The summed E-state index contributed by atoms with van der Waals surface area (Å²) in [4.78, 5) is 12.8. The summed E-state index contributed by atoms with van der Waals surface area (Å²) in [6.45, 7) is 2.04. The summed E-state index contributed by atoms with van der Waals surface area (Å²) < 4.78 is 6.26. The molecule has 0 heterocycles. The van der Waals surface area contributed by atoms with Gasteiger partial charge in [0.2, 0.25) is 0 Å². The average molecular weight is 272 g/mol. The van der Waals surface area contributed by atoms with Crippen molar-refractivity contribution >= 4 is 21.8 Å². The van der Waals surface area contributed by atoms with Crippen molar-refractivity contribution in [1.29, 1.82) is 0 Å². The van der Waals surface area contributed by atoms with Crippen LogP contribution >= 0.6 is 15.9 Å². The number of aryl methyl sites for hydroxylation is 1. The molecule has 0 aromatic heterocycles. The molecule has 0 radical (unpaired) electrons. The van der Waals surface area contributed by atoms with Crippen LogP contribution in [-0.2, 0) is 4.79 Å². The molecule has 0 fully saturated rings. The Balaban J connectivity index is 2.65. The first kappa shape index (κ1) is 12.0. The lowest BCUT2D eigenvalue weighted by molar-refractivity contribution is -0.130. The maximum Gasteiger partial charge on any atom is 0.259 e. The summed E-state index contributed by atoms with van der Waals surface area (Å²) in [5.74, 6) is 0.647. The van der Waals surface area contributed by atoms with E-state index in [1.165, 1.54) is 4.90 Å². The van der Waals surface area contributed by atoms with Crippen LogP contribution in [0.15, 0.2) is 22.7 Å². The molecule has 0 aliphatic rings. The number of benzene rings is 1. The summed E-state index contributed by atoms with van der Waals surface area (Å²) >= 11 is 3.37. The Morgan fingerprint density at radius 3 is 2.73 bits per heavy atom. The van der Waals surface area contributed by atoms with Gasteiger partial charge in [0.15, 0.2) is 6.61 Å². The lowest BCUT2D eigenvalue weighted by atomic mass is 10.2. The van der Waals surface area contributed by atoms with Gasteiger partial charge in [-0.05, 0) is 40.5 Å². The van der Waals surface area contributed by atoms with Crippen LogP contribution in [0, 0.1) is 6.92 Å². The van der Waals surface area contributed by atoms with E-state index in [2.05, 4.69) is 15.9 Å². The molecule has 0 unspecified atom stereocenters. The zero-order chi connectivity index (χ0) is 11.4. The number of halogens is 1. The Morgan fingerprint density at radius 1 is 1.47 bits per heavy atom. The van der Waals surface area contributed by atoms with Crippen LogP contribution in [0.25, 0.3) is 0 Å². The highest BCUT2D eigenvalue weighted by molar-refractivity contribution is 9.10. The van der Waals surface area contributed by atoms with E-state index in [0.29, 0.717) is 5.75 Å². The van der Waals surface area contributed by atoms with Crippen molar-refractivity contribution < 1.29 is 9.53 Å². The highest BCUT2D eigenvalue weighted by Gasteiger charge is 2.07. The number of amides is 1. The van der Waals surface area contributed by atoms with E-state index in [0.717, 1.165) is 10.0 Å². The Morgan fingerprint density at radius 2 is 2.13 bits per heavy atom. The Hall–Kier alpha value is -1.03. The minimum absolute atomic E-state index is 0.0524. The molecule has 0 atom stereocenters. The van der Waals surface area contributed by atoms with Gasteiger partial charge in [0.05, 0.1) is 4.47 Å². The molecule has 0 saturated carbocycles. The molecule has 0 aliphatic heterocycles. The third-order valence-corrected chi connectivity index (χ3v) is 2.59. The second-order valence-electron chi connectivity index (χ2n) is 3.51. The fraction of sp³-hybridized carbons (Fsp3) is 0.364. The van der Waals surface area contributed by atoms with Crippen molar-refractivity contribution in [1.82, 2.24) is 4.90 Å². The molecule has 0 bridgehead atoms. The van der Waals surface area contributed by atoms with Crippen molar-refractivity contribution in [3.8, 4) is 5.75 Å². The molecule has 0 saturated heterocycles. The predicted molar refractivity (Wildman–Crippen MR) is 63.1 cm³/mol. The van der Waals surface area contributed by atoms with Gasteiger partial charge in [-0.1, -0.05) is 6.07 Å². The van der Waals surface area contributed by atoms with Gasteiger partial charge in [-0.3, -0.25) is 4.79 Å². The summed E-state index contributed by atoms with van der Waals surface area (Å²) in [7, 11) is 3.41. The lowest BCUT2D eigenvalue weighted by Gasteiger charge is -2.12. The van der Waals surface area contributed by atoms with E-state index >= 15 is 0 Å². The van der Waals surface area contributed by atoms with Crippen molar-refractivity contribution in [2.75, 3.05) is 20.7 Å². The molecule has 1 amide bonds. The molecule has 15 heavy (non-hydrogen) atoms. The molecular formula is C11H14BrNO2. The molecular weight excluding hydrogens is 258 g/mol. The second kappa shape index (κ2) is 5.16. The van der Waals surface area contributed by atoms with Crippen LogP contribution in [0.4, 0.5) is 0 Å². The van der Waals surface area contributed by atoms with Crippen molar-refractivity contribution in [2.24, 2.45) is 0 Å². The van der Waals surface area contributed by atoms with E-state index < -0.39 is 0 Å². The molecule has 1 rings (SSSR count). The largest absolute Gasteiger partial charge is 0.483 e. The molecule has 82 valence electrons. The Bertz CT molecular complexity index is 364. The zero-order valence-electron chi connectivity index (χ0n) is 9.08. The zero-order valence-corrected chi connectivity index (χ0v) is 10.7. The van der Waals surface area contributed by atoms with Gasteiger partial charge in [-0.25, -0.2) is 0 Å². The maximum atomic E-state index is 11.3. The summed E-state index contributed by atoms with van der Waals surface area (Å²) in [5.41, 5.74) is 1.10. The summed E-state index contributed by atoms with van der Waals surface area (Å²) in [5, 5.41) is 0. The van der Waals surface area contributed by atoms with Crippen molar-refractivity contribution in [2.45, 2.75) is 6.92 Å². The van der Waals surface area contributed by atoms with Crippen LogP contribution < -0.4 is 4.74 Å². The topological polar surface area (TPSA) is 29.5 Å². The van der Waals surface area contributed by atoms with E-state index in [9.17, 15) is 4.79 Å². The van der Waals surface area contributed by atoms with Gasteiger partial charge >= 0.3 is 0 Å². The summed E-state index contributed by atoms with van der Waals surface area (Å²) in [6, 6.07) is 5.78. The predicted octanol–water partition coefficient (Wildman–Crippen LogP) is 2.22. The van der Waals surface area contributed by atoms with Crippen LogP contribution in [0.3, 0.4) is 0 Å². The fourth-order valence-corrected chi connectivity index (χ4v) is 1.35. The number of ether oxygens (including phenoxy) is 1. The number of carbonyl (C=O) groups excluding carboxylic acids is 1.